The minimum absolute atomic E-state index is 0.0180. The van der Waals surface area contributed by atoms with E-state index in [1.807, 2.05) is 26.0 Å². The molecule has 23 heavy (non-hydrogen) atoms. The van der Waals surface area contributed by atoms with Gasteiger partial charge >= 0.3 is 0 Å². The monoisotopic (exact) mass is 352 g/mol. The molecule has 0 spiro atoms. The van der Waals surface area contributed by atoms with Crippen molar-refractivity contribution in [3.63, 3.8) is 0 Å². The number of hydrogen-bond acceptors (Lipinski definition) is 3. The fourth-order valence-electron chi connectivity index (χ4n) is 2.04. The van der Waals surface area contributed by atoms with E-state index in [0.717, 1.165) is 11.1 Å². The Labute approximate surface area is 140 Å². The number of rotatable bonds is 4. The van der Waals surface area contributed by atoms with Crippen molar-refractivity contribution in [3.8, 4) is 0 Å². The largest absolute Gasteiger partial charge is 0.322 e. The number of amides is 1. The van der Waals surface area contributed by atoms with Gasteiger partial charge < -0.3 is 5.32 Å². The Morgan fingerprint density at radius 1 is 1.13 bits per heavy atom. The van der Waals surface area contributed by atoms with Crippen LogP contribution in [0.15, 0.2) is 41.3 Å². The van der Waals surface area contributed by atoms with E-state index in [-0.39, 0.29) is 15.5 Å². The highest BCUT2D eigenvalue weighted by Crippen LogP contribution is 2.23. The summed E-state index contributed by atoms with van der Waals surface area (Å²) in [6, 6.07) is 9.56. The summed E-state index contributed by atoms with van der Waals surface area (Å²) in [6.07, 6.45) is 0. The van der Waals surface area contributed by atoms with Crippen molar-refractivity contribution in [2.45, 2.75) is 18.7 Å². The van der Waals surface area contributed by atoms with Gasteiger partial charge in [0.1, 0.15) is 0 Å². The number of sulfonamides is 1. The second kappa shape index (κ2) is 6.70. The first-order chi connectivity index (χ1) is 10.8. The van der Waals surface area contributed by atoms with Gasteiger partial charge in [0.05, 0.1) is 15.5 Å². The van der Waals surface area contributed by atoms with Gasteiger partial charge in [-0.1, -0.05) is 23.7 Å². The van der Waals surface area contributed by atoms with E-state index in [1.54, 1.807) is 6.07 Å². The van der Waals surface area contributed by atoms with Crippen molar-refractivity contribution in [2.75, 3.05) is 12.4 Å². The first-order valence-electron chi connectivity index (χ1n) is 6.87. The number of benzene rings is 2. The molecule has 0 radical (unpaired) electrons. The summed E-state index contributed by atoms with van der Waals surface area (Å²) in [6.45, 7) is 3.84. The van der Waals surface area contributed by atoms with Gasteiger partial charge in [-0.2, -0.15) is 0 Å². The molecule has 5 nitrogen and oxygen atoms in total. The maximum absolute atomic E-state index is 12.5. The lowest BCUT2D eigenvalue weighted by molar-refractivity contribution is 0.102. The van der Waals surface area contributed by atoms with E-state index >= 15 is 0 Å². The second-order valence-electron chi connectivity index (χ2n) is 5.05. The Hall–Kier alpha value is -1.89. The lowest BCUT2D eigenvalue weighted by Crippen LogP contribution is -2.20. The van der Waals surface area contributed by atoms with Crippen molar-refractivity contribution < 1.29 is 13.2 Å². The van der Waals surface area contributed by atoms with Crippen LogP contribution in [0, 0.1) is 13.8 Å². The fourth-order valence-corrected chi connectivity index (χ4v) is 3.00. The molecule has 7 heteroatoms. The van der Waals surface area contributed by atoms with Crippen molar-refractivity contribution >= 4 is 33.2 Å². The van der Waals surface area contributed by atoms with E-state index in [2.05, 4.69) is 10.0 Å². The van der Waals surface area contributed by atoms with Crippen LogP contribution in [0.5, 0.6) is 0 Å². The van der Waals surface area contributed by atoms with Gasteiger partial charge in [-0.25, -0.2) is 13.1 Å². The van der Waals surface area contributed by atoms with Crippen LogP contribution in [-0.2, 0) is 10.0 Å². The fraction of sp³-hybridized carbons (Fsp3) is 0.188. The molecular weight excluding hydrogens is 336 g/mol. The van der Waals surface area contributed by atoms with Gasteiger partial charge in [0.15, 0.2) is 0 Å². The summed E-state index contributed by atoms with van der Waals surface area (Å²) in [4.78, 5) is 12.4. The van der Waals surface area contributed by atoms with Gasteiger partial charge in [-0.15, -0.1) is 0 Å². The molecule has 0 fully saturated rings. The van der Waals surface area contributed by atoms with Crippen LogP contribution in [0.25, 0.3) is 0 Å². The van der Waals surface area contributed by atoms with Crippen molar-refractivity contribution in [3.05, 3.63) is 58.1 Å². The third kappa shape index (κ3) is 3.72. The first-order valence-corrected chi connectivity index (χ1v) is 8.73. The predicted molar refractivity (Wildman–Crippen MR) is 91.6 cm³/mol. The van der Waals surface area contributed by atoms with E-state index in [0.29, 0.717) is 5.69 Å². The van der Waals surface area contributed by atoms with Crippen LogP contribution in [0.1, 0.15) is 21.5 Å². The Kier molecular flexibility index (Phi) is 5.09. The maximum atomic E-state index is 12.5. The molecule has 0 unspecified atom stereocenters. The molecule has 2 aromatic carbocycles. The Morgan fingerprint density at radius 2 is 1.83 bits per heavy atom. The zero-order valence-electron chi connectivity index (χ0n) is 13.0. The van der Waals surface area contributed by atoms with Gasteiger partial charge in [-0.3, -0.25) is 4.79 Å². The summed E-state index contributed by atoms with van der Waals surface area (Å²) in [5.74, 6) is -0.461. The van der Waals surface area contributed by atoms with E-state index in [4.69, 9.17) is 11.6 Å². The third-order valence-corrected chi connectivity index (χ3v) is 5.36. The molecule has 0 aromatic heterocycles. The van der Waals surface area contributed by atoms with E-state index in [1.165, 1.54) is 25.2 Å². The molecule has 2 aromatic rings. The maximum Gasteiger partial charge on any atom is 0.257 e. The molecule has 122 valence electrons. The molecule has 0 saturated heterocycles. The lowest BCUT2D eigenvalue weighted by atomic mass is 10.1. The summed E-state index contributed by atoms with van der Waals surface area (Å²) in [5, 5.41) is 2.95. The molecule has 0 atom stereocenters. The molecule has 0 aliphatic heterocycles. The molecule has 1 amide bonds. The van der Waals surface area contributed by atoms with Crippen molar-refractivity contribution in [1.82, 2.24) is 4.72 Å². The van der Waals surface area contributed by atoms with E-state index < -0.39 is 15.9 Å². The average Bonchev–Trinajstić information content (AvgIpc) is 2.52. The van der Waals surface area contributed by atoms with Gasteiger partial charge in [0, 0.05) is 5.69 Å². The molecule has 0 saturated carbocycles. The molecule has 0 bridgehead atoms. The number of aryl methyl sites for hydroxylation is 1. The highest BCUT2D eigenvalue weighted by molar-refractivity contribution is 7.89. The van der Waals surface area contributed by atoms with E-state index in [9.17, 15) is 13.2 Å². The number of carbonyl (C=O) groups excluding carboxylic acids is 1. The Morgan fingerprint density at radius 3 is 2.48 bits per heavy atom. The average molecular weight is 353 g/mol. The standard InChI is InChI=1S/C16H17ClN2O3S/c1-10-5-4-6-15(11(10)2)19-16(20)13-9-12(7-8-14(13)17)23(21,22)18-3/h4-9,18H,1-3H3,(H,19,20). The van der Waals surface area contributed by atoms with Crippen LogP contribution in [0.3, 0.4) is 0 Å². The molecular formula is C16H17ClN2O3S. The number of carbonyl (C=O) groups is 1. The van der Waals surface area contributed by atoms with Crippen LogP contribution in [0.4, 0.5) is 5.69 Å². The van der Waals surface area contributed by atoms with Gasteiger partial charge in [-0.05, 0) is 56.3 Å². The Balaban J connectivity index is 2.40. The summed E-state index contributed by atoms with van der Waals surface area (Å²) in [7, 11) is -2.34. The normalized spacial score (nSPS) is 11.3. The van der Waals surface area contributed by atoms with Crippen LogP contribution in [0.2, 0.25) is 5.02 Å². The van der Waals surface area contributed by atoms with Gasteiger partial charge in [0.2, 0.25) is 10.0 Å². The molecule has 2 N–H and O–H groups in total. The SMILES string of the molecule is CNS(=O)(=O)c1ccc(Cl)c(C(=O)Nc2cccc(C)c2C)c1. The number of anilines is 1. The second-order valence-corrected chi connectivity index (χ2v) is 7.34. The molecule has 2 rings (SSSR count). The first kappa shape index (κ1) is 17.5. The highest BCUT2D eigenvalue weighted by atomic mass is 35.5. The van der Waals surface area contributed by atoms with Gasteiger partial charge in [0.25, 0.3) is 5.91 Å². The smallest absolute Gasteiger partial charge is 0.257 e. The quantitative estimate of drug-likeness (QED) is 0.887. The third-order valence-electron chi connectivity index (χ3n) is 3.61. The molecule has 0 aliphatic carbocycles. The number of hydrogen-bond donors (Lipinski definition) is 2. The zero-order valence-corrected chi connectivity index (χ0v) is 14.5. The molecule has 0 aliphatic rings. The van der Waals surface area contributed by atoms with Crippen molar-refractivity contribution in [1.29, 1.82) is 0 Å². The predicted octanol–water partition coefficient (Wildman–Crippen LogP) is 3.12. The van der Waals surface area contributed by atoms with Crippen LogP contribution >= 0.6 is 11.6 Å². The highest BCUT2D eigenvalue weighted by Gasteiger charge is 2.18. The minimum atomic E-state index is -3.65. The zero-order chi connectivity index (χ0) is 17.2. The summed E-state index contributed by atoms with van der Waals surface area (Å²) < 4.78 is 25.9. The topological polar surface area (TPSA) is 75.3 Å². The lowest BCUT2D eigenvalue weighted by Gasteiger charge is -2.12. The van der Waals surface area contributed by atoms with Crippen molar-refractivity contribution in [2.24, 2.45) is 0 Å². The summed E-state index contributed by atoms with van der Waals surface area (Å²) >= 11 is 6.05. The van der Waals surface area contributed by atoms with Crippen LogP contribution in [-0.4, -0.2) is 21.4 Å². The summed E-state index contributed by atoms with van der Waals surface area (Å²) in [5.41, 5.74) is 2.74. The number of halogens is 1. The van der Waals surface area contributed by atoms with Crippen LogP contribution < -0.4 is 10.0 Å². The minimum Gasteiger partial charge on any atom is -0.322 e. The molecule has 0 heterocycles. The number of nitrogens with one attached hydrogen (secondary N) is 2. The Bertz CT molecular complexity index is 864.